The summed E-state index contributed by atoms with van der Waals surface area (Å²) in [6.45, 7) is 5.90. The van der Waals surface area contributed by atoms with Crippen LogP contribution in [0.2, 0.25) is 5.02 Å². The molecule has 0 fully saturated rings. The van der Waals surface area contributed by atoms with Gasteiger partial charge >= 0.3 is 0 Å². The van der Waals surface area contributed by atoms with Gasteiger partial charge in [0.1, 0.15) is 4.90 Å². The number of hydrogen-bond donors (Lipinski definition) is 2. The van der Waals surface area contributed by atoms with Crippen molar-refractivity contribution < 1.29 is 13.2 Å². The van der Waals surface area contributed by atoms with Gasteiger partial charge in [0.05, 0.1) is 11.1 Å². The Morgan fingerprint density at radius 2 is 1.69 bits per heavy atom. The number of sulfonamides is 1. The fraction of sp³-hybridized carbons (Fsp3) is 0.321. The van der Waals surface area contributed by atoms with E-state index in [1.807, 2.05) is 26.8 Å². The Kier molecular flexibility index (Phi) is 7.53. The van der Waals surface area contributed by atoms with Gasteiger partial charge in [-0.2, -0.15) is 0 Å². The van der Waals surface area contributed by atoms with E-state index in [9.17, 15) is 13.2 Å². The van der Waals surface area contributed by atoms with Gasteiger partial charge in [-0.25, -0.2) is 8.42 Å². The highest BCUT2D eigenvalue weighted by Gasteiger charge is 2.22. The largest absolute Gasteiger partial charge is 0.345 e. The van der Waals surface area contributed by atoms with E-state index in [1.54, 1.807) is 18.2 Å². The second-order valence-electron chi connectivity index (χ2n) is 9.22. The summed E-state index contributed by atoms with van der Waals surface area (Å²) in [7, 11) is -3.99. The molecule has 35 heavy (non-hydrogen) atoms. The van der Waals surface area contributed by atoms with Gasteiger partial charge in [0, 0.05) is 11.3 Å². The second-order valence-corrected chi connectivity index (χ2v) is 11.3. The Morgan fingerprint density at radius 1 is 0.943 bits per heavy atom. The predicted molar refractivity (Wildman–Crippen MR) is 142 cm³/mol. The lowest BCUT2D eigenvalue weighted by Gasteiger charge is -2.22. The molecule has 0 bridgehead atoms. The van der Waals surface area contributed by atoms with Gasteiger partial charge in [-0.3, -0.25) is 9.52 Å². The van der Waals surface area contributed by atoms with Crippen LogP contribution in [0.25, 0.3) is 0 Å². The number of carbonyl (C=O) groups excluding carboxylic acids is 1. The number of carbonyl (C=O) groups is 1. The summed E-state index contributed by atoms with van der Waals surface area (Å²) in [5, 5.41) is 3.13. The Labute approximate surface area is 213 Å². The molecule has 7 heteroatoms. The van der Waals surface area contributed by atoms with Crippen molar-refractivity contribution in [2.45, 2.75) is 63.8 Å². The van der Waals surface area contributed by atoms with Crippen molar-refractivity contribution in [3.8, 4) is 0 Å². The zero-order valence-electron chi connectivity index (χ0n) is 20.3. The molecule has 0 aliphatic heterocycles. The molecular weight excluding hydrogens is 480 g/mol. The summed E-state index contributed by atoms with van der Waals surface area (Å²) in [5.74, 6) is -0.339. The number of rotatable bonds is 7. The highest BCUT2D eigenvalue weighted by atomic mass is 35.5. The summed E-state index contributed by atoms with van der Waals surface area (Å²) >= 11 is 6.25. The highest BCUT2D eigenvalue weighted by molar-refractivity contribution is 7.92. The van der Waals surface area contributed by atoms with Gasteiger partial charge in [0.15, 0.2) is 0 Å². The average molecular weight is 511 g/mol. The lowest BCUT2D eigenvalue weighted by atomic mass is 9.88. The summed E-state index contributed by atoms with van der Waals surface area (Å²) in [6.07, 6.45) is 5.31. The van der Waals surface area contributed by atoms with Gasteiger partial charge in [-0.05, 0) is 104 Å². The molecule has 1 aliphatic rings. The monoisotopic (exact) mass is 510 g/mol. The van der Waals surface area contributed by atoms with Gasteiger partial charge in [0.25, 0.3) is 15.9 Å². The Bertz CT molecular complexity index is 1370. The minimum Gasteiger partial charge on any atom is -0.345 e. The van der Waals surface area contributed by atoms with Crippen molar-refractivity contribution in [2.24, 2.45) is 0 Å². The number of benzene rings is 3. The van der Waals surface area contributed by atoms with Crippen LogP contribution in [0.5, 0.6) is 0 Å². The van der Waals surface area contributed by atoms with E-state index in [0.29, 0.717) is 5.69 Å². The first-order chi connectivity index (χ1) is 16.7. The number of anilines is 1. The summed E-state index contributed by atoms with van der Waals surface area (Å²) in [4.78, 5) is 13.0. The van der Waals surface area contributed by atoms with Crippen LogP contribution in [-0.4, -0.2) is 14.3 Å². The molecule has 0 unspecified atom stereocenters. The maximum atomic E-state index is 13.1. The zero-order valence-corrected chi connectivity index (χ0v) is 21.9. The van der Waals surface area contributed by atoms with Gasteiger partial charge in [-0.15, -0.1) is 0 Å². The first-order valence-electron chi connectivity index (χ1n) is 12.0. The molecule has 3 aromatic carbocycles. The van der Waals surface area contributed by atoms with Crippen molar-refractivity contribution in [2.75, 3.05) is 4.72 Å². The highest BCUT2D eigenvalue weighted by Crippen LogP contribution is 2.28. The molecule has 0 heterocycles. The Balaban J connectivity index is 1.56. The smallest absolute Gasteiger partial charge is 0.263 e. The summed E-state index contributed by atoms with van der Waals surface area (Å²) in [5.41, 5.74) is 6.54. The van der Waals surface area contributed by atoms with Crippen LogP contribution in [-0.2, 0) is 22.9 Å². The van der Waals surface area contributed by atoms with E-state index in [4.69, 9.17) is 11.6 Å². The Morgan fingerprint density at radius 3 is 2.40 bits per heavy atom. The molecule has 0 saturated heterocycles. The number of halogens is 1. The number of hydrogen-bond acceptors (Lipinski definition) is 3. The van der Waals surface area contributed by atoms with E-state index in [0.717, 1.165) is 36.0 Å². The molecule has 2 N–H and O–H groups in total. The quantitative estimate of drug-likeness (QED) is 0.380. The van der Waals surface area contributed by atoms with Crippen LogP contribution < -0.4 is 10.0 Å². The molecule has 0 aromatic heterocycles. The number of nitrogens with one attached hydrogen (secondary N) is 2. The lowest BCUT2D eigenvalue weighted by molar-refractivity contribution is 0.0935. The van der Waals surface area contributed by atoms with Gasteiger partial charge in [0.2, 0.25) is 0 Å². The molecular formula is C28H31ClN2O3S. The zero-order chi connectivity index (χ0) is 25.2. The van der Waals surface area contributed by atoms with Crippen molar-refractivity contribution in [3.05, 3.63) is 93.0 Å². The van der Waals surface area contributed by atoms with Gasteiger partial charge < -0.3 is 5.32 Å². The number of fused-ring (bicyclic) bond motifs is 1. The first-order valence-corrected chi connectivity index (χ1v) is 13.9. The molecule has 1 aliphatic carbocycles. The van der Waals surface area contributed by atoms with E-state index >= 15 is 0 Å². The van der Waals surface area contributed by atoms with Crippen LogP contribution >= 0.6 is 11.6 Å². The average Bonchev–Trinajstić information content (AvgIpc) is 2.84. The lowest BCUT2D eigenvalue weighted by Crippen LogP contribution is -2.28. The molecule has 0 radical (unpaired) electrons. The fourth-order valence-corrected chi connectivity index (χ4v) is 6.07. The Hall–Kier alpha value is -2.83. The standard InChI is InChI=1S/C28H31ClN2O3S/c1-4-26(22-11-10-20-7-5-6-8-21(20)16-22)30-28(32)23-12-14-25(29)27(17-23)35(33,34)31-24-13-9-18(2)19(3)15-24/h9-17,26,31H,4-8H2,1-3H3,(H,30,32)/t26-/m0/s1. The number of amides is 1. The molecule has 184 valence electrons. The van der Waals surface area contributed by atoms with E-state index in [2.05, 4.69) is 28.2 Å². The van der Waals surface area contributed by atoms with Crippen LogP contribution in [0.4, 0.5) is 5.69 Å². The van der Waals surface area contributed by atoms with Crippen LogP contribution in [0, 0.1) is 13.8 Å². The van der Waals surface area contributed by atoms with Crippen molar-refractivity contribution in [1.82, 2.24) is 5.32 Å². The third kappa shape index (κ3) is 5.71. The molecule has 3 aromatic rings. The minimum atomic E-state index is -3.99. The second kappa shape index (κ2) is 10.4. The topological polar surface area (TPSA) is 75.3 Å². The first kappa shape index (κ1) is 25.3. The molecule has 0 spiro atoms. The van der Waals surface area contributed by atoms with Crippen LogP contribution in [0.1, 0.15) is 70.4 Å². The van der Waals surface area contributed by atoms with E-state index < -0.39 is 10.0 Å². The third-order valence-corrected chi connectivity index (χ3v) is 8.59. The molecule has 1 atom stereocenters. The molecule has 0 saturated carbocycles. The molecule has 1 amide bonds. The fourth-order valence-electron chi connectivity index (χ4n) is 4.50. The molecule has 5 nitrogen and oxygen atoms in total. The minimum absolute atomic E-state index is 0.0552. The third-order valence-electron chi connectivity index (χ3n) is 6.73. The maximum absolute atomic E-state index is 13.1. The molecule has 4 rings (SSSR count). The van der Waals surface area contributed by atoms with Gasteiger partial charge in [-0.1, -0.05) is 42.8 Å². The van der Waals surface area contributed by atoms with E-state index in [-0.39, 0.29) is 27.4 Å². The van der Waals surface area contributed by atoms with Crippen molar-refractivity contribution in [1.29, 1.82) is 0 Å². The SMILES string of the molecule is CC[C@H](NC(=O)c1ccc(Cl)c(S(=O)(=O)Nc2ccc(C)c(C)c2)c1)c1ccc2c(c1)CCCC2. The predicted octanol–water partition coefficient (Wildman–Crippen LogP) is 6.52. The van der Waals surface area contributed by atoms with Crippen LogP contribution in [0.3, 0.4) is 0 Å². The maximum Gasteiger partial charge on any atom is 0.263 e. The van der Waals surface area contributed by atoms with Crippen molar-refractivity contribution in [3.63, 3.8) is 0 Å². The van der Waals surface area contributed by atoms with Crippen molar-refractivity contribution >= 4 is 33.2 Å². The van der Waals surface area contributed by atoms with E-state index in [1.165, 1.54) is 36.1 Å². The van der Waals surface area contributed by atoms with Crippen LogP contribution in [0.15, 0.2) is 59.5 Å². The summed E-state index contributed by atoms with van der Waals surface area (Å²) < 4.78 is 28.8. The number of aryl methyl sites for hydroxylation is 4. The summed E-state index contributed by atoms with van der Waals surface area (Å²) in [6, 6.07) is 15.9. The normalized spacial score (nSPS) is 14.2.